The summed E-state index contributed by atoms with van der Waals surface area (Å²) in [4.78, 5) is 10.7. The highest BCUT2D eigenvalue weighted by atomic mass is 16.2. The van der Waals surface area contributed by atoms with Gasteiger partial charge in [-0.05, 0) is 6.42 Å². The monoisotopic (exact) mass is 109 g/mol. The number of allylic oxidation sites excluding steroid dienone is 1. The minimum atomic E-state index is 0.154. The Bertz CT molecular complexity index is 171. The van der Waals surface area contributed by atoms with Crippen LogP contribution in [0.15, 0.2) is 11.6 Å². The van der Waals surface area contributed by atoms with Crippen LogP contribution in [0.25, 0.3) is 0 Å². The Kier molecular flexibility index (Phi) is 0.583. The lowest BCUT2D eigenvalue weighted by atomic mass is 9.88. The van der Waals surface area contributed by atoms with E-state index in [9.17, 15) is 4.79 Å². The van der Waals surface area contributed by atoms with E-state index in [1.54, 1.807) is 0 Å². The summed E-state index contributed by atoms with van der Waals surface area (Å²) in [5, 5.41) is 2.77. The summed E-state index contributed by atoms with van der Waals surface area (Å²) < 4.78 is 0. The smallest absolute Gasteiger partial charge is 0.247 e. The Hall–Kier alpha value is -0.790. The molecule has 1 aliphatic carbocycles. The van der Waals surface area contributed by atoms with E-state index in [0.29, 0.717) is 5.92 Å². The quantitative estimate of drug-likeness (QED) is 0.468. The SMILES string of the molecule is O=C1NCC2CC=C12. The van der Waals surface area contributed by atoms with Crippen LogP contribution >= 0.6 is 0 Å². The maximum Gasteiger partial charge on any atom is 0.247 e. The second-order valence-electron chi connectivity index (χ2n) is 2.30. The van der Waals surface area contributed by atoms with Crippen molar-refractivity contribution in [2.45, 2.75) is 6.42 Å². The number of nitrogens with one attached hydrogen (secondary N) is 1. The van der Waals surface area contributed by atoms with E-state index in [4.69, 9.17) is 0 Å². The fraction of sp³-hybridized carbons (Fsp3) is 0.500. The summed E-state index contributed by atoms with van der Waals surface area (Å²) in [5.41, 5.74) is 1.02. The van der Waals surface area contributed by atoms with Gasteiger partial charge in [-0.1, -0.05) is 6.08 Å². The molecule has 0 aromatic heterocycles. The maximum atomic E-state index is 10.7. The fourth-order valence-electron chi connectivity index (χ4n) is 1.19. The van der Waals surface area contributed by atoms with Gasteiger partial charge in [0.2, 0.25) is 5.91 Å². The van der Waals surface area contributed by atoms with E-state index in [1.165, 1.54) is 0 Å². The van der Waals surface area contributed by atoms with Crippen LogP contribution in [0.2, 0.25) is 0 Å². The Morgan fingerprint density at radius 1 is 1.75 bits per heavy atom. The molecule has 0 spiro atoms. The molecule has 1 atom stereocenters. The second-order valence-corrected chi connectivity index (χ2v) is 2.30. The van der Waals surface area contributed by atoms with E-state index in [0.717, 1.165) is 18.5 Å². The highest BCUT2D eigenvalue weighted by Crippen LogP contribution is 2.29. The number of hydrogen-bond donors (Lipinski definition) is 1. The van der Waals surface area contributed by atoms with Crippen LogP contribution in [-0.2, 0) is 4.79 Å². The summed E-state index contributed by atoms with van der Waals surface area (Å²) >= 11 is 0. The van der Waals surface area contributed by atoms with Crippen LogP contribution in [0.1, 0.15) is 6.42 Å². The van der Waals surface area contributed by atoms with Gasteiger partial charge in [-0.3, -0.25) is 4.79 Å². The topological polar surface area (TPSA) is 29.1 Å². The van der Waals surface area contributed by atoms with Crippen molar-refractivity contribution in [2.75, 3.05) is 6.54 Å². The number of carbonyl (C=O) groups excluding carboxylic acids is 1. The molecule has 0 radical (unpaired) electrons. The van der Waals surface area contributed by atoms with Gasteiger partial charge >= 0.3 is 0 Å². The predicted molar refractivity (Wildman–Crippen MR) is 29.2 cm³/mol. The molecule has 42 valence electrons. The number of amides is 1. The van der Waals surface area contributed by atoms with Crippen LogP contribution in [0.5, 0.6) is 0 Å². The van der Waals surface area contributed by atoms with Crippen molar-refractivity contribution >= 4 is 5.91 Å². The van der Waals surface area contributed by atoms with E-state index >= 15 is 0 Å². The van der Waals surface area contributed by atoms with Crippen LogP contribution in [0.4, 0.5) is 0 Å². The largest absolute Gasteiger partial charge is 0.352 e. The van der Waals surface area contributed by atoms with Crippen molar-refractivity contribution in [1.82, 2.24) is 5.32 Å². The van der Waals surface area contributed by atoms with Crippen molar-refractivity contribution < 1.29 is 4.79 Å². The van der Waals surface area contributed by atoms with Crippen molar-refractivity contribution in [3.63, 3.8) is 0 Å². The predicted octanol–water partition coefficient (Wildman–Crippen LogP) is 0.0625. The molecule has 1 N–H and O–H groups in total. The molecule has 1 amide bonds. The molecule has 2 aliphatic rings. The number of fused-ring (bicyclic) bond motifs is 1. The van der Waals surface area contributed by atoms with Crippen molar-refractivity contribution in [3.8, 4) is 0 Å². The molecule has 0 aromatic carbocycles. The molecular formula is C6H7NO. The molecule has 1 fully saturated rings. The zero-order valence-corrected chi connectivity index (χ0v) is 4.48. The zero-order valence-electron chi connectivity index (χ0n) is 4.48. The van der Waals surface area contributed by atoms with Gasteiger partial charge in [0.1, 0.15) is 0 Å². The molecule has 1 unspecified atom stereocenters. The second kappa shape index (κ2) is 1.13. The first-order valence-electron chi connectivity index (χ1n) is 2.86. The number of rotatable bonds is 0. The lowest BCUT2D eigenvalue weighted by molar-refractivity contribution is -0.116. The third-order valence-corrected chi connectivity index (χ3v) is 1.83. The lowest BCUT2D eigenvalue weighted by Crippen LogP contribution is -2.13. The van der Waals surface area contributed by atoms with E-state index in [-0.39, 0.29) is 5.91 Å². The van der Waals surface area contributed by atoms with Crippen molar-refractivity contribution in [1.29, 1.82) is 0 Å². The highest BCUT2D eigenvalue weighted by molar-refractivity contribution is 5.97. The van der Waals surface area contributed by atoms with Crippen molar-refractivity contribution in [3.05, 3.63) is 11.6 Å². The maximum absolute atomic E-state index is 10.7. The molecule has 8 heavy (non-hydrogen) atoms. The molecule has 2 rings (SSSR count). The van der Waals surface area contributed by atoms with Gasteiger partial charge in [-0.15, -0.1) is 0 Å². The third kappa shape index (κ3) is 0.312. The standard InChI is InChI=1S/C6H7NO/c8-6-5-2-1-4(5)3-7-6/h2,4H,1,3H2,(H,7,8). The van der Waals surface area contributed by atoms with E-state index < -0.39 is 0 Å². The summed E-state index contributed by atoms with van der Waals surface area (Å²) in [6.45, 7) is 0.880. The first-order chi connectivity index (χ1) is 3.88. The minimum absolute atomic E-state index is 0.154. The van der Waals surface area contributed by atoms with Crippen LogP contribution in [-0.4, -0.2) is 12.5 Å². The van der Waals surface area contributed by atoms with Crippen LogP contribution in [0.3, 0.4) is 0 Å². The van der Waals surface area contributed by atoms with Gasteiger partial charge in [-0.2, -0.15) is 0 Å². The van der Waals surface area contributed by atoms with Gasteiger partial charge in [0, 0.05) is 18.0 Å². The lowest BCUT2D eigenvalue weighted by Gasteiger charge is -2.14. The van der Waals surface area contributed by atoms with Gasteiger partial charge < -0.3 is 5.32 Å². The van der Waals surface area contributed by atoms with Crippen LogP contribution in [0, 0.1) is 5.92 Å². The normalized spacial score (nSPS) is 32.8. The average molecular weight is 109 g/mol. The van der Waals surface area contributed by atoms with Gasteiger partial charge in [-0.25, -0.2) is 0 Å². The number of carbonyl (C=O) groups is 1. The average Bonchev–Trinajstić information content (AvgIpc) is 1.80. The molecule has 2 nitrogen and oxygen atoms in total. The molecule has 2 heteroatoms. The Labute approximate surface area is 47.6 Å². The molecular weight excluding hydrogens is 102 g/mol. The van der Waals surface area contributed by atoms with E-state index in [2.05, 4.69) is 5.32 Å². The summed E-state index contributed by atoms with van der Waals surface area (Å²) in [6.07, 6.45) is 3.11. The third-order valence-electron chi connectivity index (χ3n) is 1.83. The van der Waals surface area contributed by atoms with E-state index in [1.807, 2.05) is 6.08 Å². The number of hydrogen-bond acceptors (Lipinski definition) is 1. The molecule has 1 saturated heterocycles. The van der Waals surface area contributed by atoms with Crippen LogP contribution < -0.4 is 5.32 Å². The molecule has 0 bridgehead atoms. The Morgan fingerprint density at radius 3 is 2.88 bits per heavy atom. The summed E-state index contributed by atoms with van der Waals surface area (Å²) in [5.74, 6) is 0.726. The molecule has 1 heterocycles. The highest BCUT2D eigenvalue weighted by Gasteiger charge is 2.32. The first kappa shape index (κ1) is 4.13. The van der Waals surface area contributed by atoms with Gasteiger partial charge in [0.05, 0.1) is 0 Å². The van der Waals surface area contributed by atoms with Gasteiger partial charge in [0.15, 0.2) is 0 Å². The zero-order chi connectivity index (χ0) is 5.56. The summed E-state index contributed by atoms with van der Waals surface area (Å²) in [7, 11) is 0. The Morgan fingerprint density at radius 2 is 2.62 bits per heavy atom. The Balaban J connectivity index is 2.35. The molecule has 1 aliphatic heterocycles. The molecule has 0 aromatic rings. The molecule has 0 saturated carbocycles. The fourth-order valence-corrected chi connectivity index (χ4v) is 1.19. The first-order valence-corrected chi connectivity index (χ1v) is 2.86. The summed E-state index contributed by atoms with van der Waals surface area (Å²) in [6, 6.07) is 0. The minimum Gasteiger partial charge on any atom is -0.352 e. The van der Waals surface area contributed by atoms with Gasteiger partial charge in [0.25, 0.3) is 0 Å². The van der Waals surface area contributed by atoms with Crippen molar-refractivity contribution in [2.24, 2.45) is 5.92 Å².